The lowest BCUT2D eigenvalue weighted by atomic mass is 9.98. The molecule has 1 fully saturated rings. The van der Waals surface area contributed by atoms with Crippen LogP contribution in [0, 0.1) is 17.8 Å². The molecule has 108 heavy (non-hydrogen) atoms. The van der Waals surface area contributed by atoms with Crippen LogP contribution in [0.1, 0.15) is 104 Å². The molecule has 1 aliphatic heterocycles. The summed E-state index contributed by atoms with van der Waals surface area (Å²) in [7, 11) is 2.89. The lowest BCUT2D eigenvalue weighted by molar-refractivity contribution is -0.145. The molecule has 20 N–H and O–H groups in total. The number of benzene rings is 2. The topological polar surface area (TPSA) is 554 Å². The zero-order valence-electron chi connectivity index (χ0n) is 61.1. The number of nitrogens with zero attached hydrogens (tertiary/aromatic N) is 1. The van der Waals surface area contributed by atoms with Gasteiger partial charge in [0.05, 0.1) is 37.1 Å². The van der Waals surface area contributed by atoms with Gasteiger partial charge < -0.3 is 104 Å². The molecule has 5 aromatic rings. The molecule has 4 heterocycles. The van der Waals surface area contributed by atoms with Gasteiger partial charge in [0.2, 0.25) is 70.9 Å². The van der Waals surface area contributed by atoms with Gasteiger partial charge in [0.15, 0.2) is 6.04 Å². The minimum absolute atomic E-state index is 0.0456. The van der Waals surface area contributed by atoms with Crippen molar-refractivity contribution in [2.24, 2.45) is 17.8 Å². The molecule has 38 heteroatoms. The summed E-state index contributed by atoms with van der Waals surface area (Å²) in [6, 6.07) is -5.17. The van der Waals surface area contributed by atoms with Gasteiger partial charge in [-0.15, -0.1) is 0 Å². The SMILES string of the molecule is CN[C@@H](CC(=O)O)C(=O)N[C@H]1CSSC[C@@H](C(=O)N[C@H](C(=O)O)[C@@H](C)O)NC(=O)[C@H](Cc2c[nH]c3ccccc23)NC(=O)[C@H](C(C)C)NC(=O)[C@H](CC(C)C)NC(=O)[C@H](CCC(=O)O)NC(=O)CNC(=O)[C@H](CC(C)C)NC(=O)[C@H](Cc2c[nH]cn2)NC(=O)[C@H](Cc2c[nH]c3ccccc23)NC(=O)[C@H](C)NC1=O. The number of fused-ring (bicyclic) bond motifs is 2. The first kappa shape index (κ1) is 86.3. The van der Waals surface area contributed by atoms with E-state index in [1.807, 2.05) is 0 Å². The third-order valence-corrected chi connectivity index (χ3v) is 19.8. The van der Waals surface area contributed by atoms with Crippen molar-refractivity contribution in [1.29, 1.82) is 0 Å². The molecule has 588 valence electrons. The number of amides is 12. The molecular formula is C70H97N17O19S2. The van der Waals surface area contributed by atoms with Gasteiger partial charge in [0.25, 0.3) is 0 Å². The molecule has 0 unspecified atom stereocenters. The summed E-state index contributed by atoms with van der Waals surface area (Å²) in [6.07, 6.45) is 1.27. The number of para-hydroxylation sites is 2. The van der Waals surface area contributed by atoms with E-state index in [4.69, 9.17) is 0 Å². The molecule has 6 rings (SSSR count). The fourth-order valence-electron chi connectivity index (χ4n) is 11.6. The second-order valence-corrected chi connectivity index (χ2v) is 29.9. The van der Waals surface area contributed by atoms with E-state index in [-0.39, 0.29) is 49.6 Å². The van der Waals surface area contributed by atoms with Crippen molar-refractivity contribution in [1.82, 2.24) is 89.1 Å². The van der Waals surface area contributed by atoms with Gasteiger partial charge in [0.1, 0.15) is 60.4 Å². The number of carbonyl (C=O) groups excluding carboxylic acids is 12. The van der Waals surface area contributed by atoms with Crippen molar-refractivity contribution >= 4 is 132 Å². The van der Waals surface area contributed by atoms with Crippen LogP contribution < -0.4 is 69.1 Å². The number of carboxylic acid groups (broad SMARTS) is 3. The highest BCUT2D eigenvalue weighted by atomic mass is 33.1. The van der Waals surface area contributed by atoms with Crippen molar-refractivity contribution in [3.63, 3.8) is 0 Å². The number of H-pyrrole nitrogens is 3. The van der Waals surface area contributed by atoms with Crippen LogP contribution in [0.5, 0.6) is 0 Å². The van der Waals surface area contributed by atoms with Gasteiger partial charge in [-0.2, -0.15) is 0 Å². The number of rotatable bonds is 23. The molecule has 1 saturated heterocycles. The van der Waals surface area contributed by atoms with Gasteiger partial charge in [0, 0.05) is 77.6 Å². The summed E-state index contributed by atoms with van der Waals surface area (Å²) >= 11 is 0. The Morgan fingerprint density at radius 3 is 1.59 bits per heavy atom. The first-order valence-electron chi connectivity index (χ1n) is 35.1. The zero-order valence-corrected chi connectivity index (χ0v) is 62.8. The minimum atomic E-state index is -1.95. The Hall–Kier alpha value is -10.6. The van der Waals surface area contributed by atoms with Crippen LogP contribution >= 0.6 is 21.6 Å². The fraction of sp³-hybridized carbons (Fsp3) is 0.514. The lowest BCUT2D eigenvalue weighted by Gasteiger charge is -2.29. The summed E-state index contributed by atoms with van der Waals surface area (Å²) < 4.78 is 0. The van der Waals surface area contributed by atoms with Gasteiger partial charge in [-0.05, 0) is 81.2 Å². The molecule has 36 nitrogen and oxygen atoms in total. The molecule has 0 radical (unpaired) electrons. The summed E-state index contributed by atoms with van der Waals surface area (Å²) in [5, 5.41) is 74.4. The standard InChI is InChI=1S/C70H97N17O19S2/c1-33(2)20-47-60(95)75-29-54(89)78-45(18-19-55(90)91)61(96)81-48(21-34(3)4)66(101)86-57(35(5)6)69(104)83-50(23-39-27-74-44-17-13-11-15-42(39)44)64(99)85-53(68(103)87-58(37(8)88)70(105)106)31-108-107-30-52(84-62(97)46(71-9)25-56(92)93)67(102)77-36(7)59(94)79-49(22-38-26-73-43-16-12-10-14-41(38)43)63(98)82-51(65(100)80-47)24-40-28-72-32-76-40/h10-17,26-28,32-37,45-53,57-58,71,73-74,88H,18-25,29-31H2,1-9H3,(H,72,76)(H,75,95)(H,77,102)(H,78,89)(H,79,94)(H,80,100)(H,81,96)(H,82,98)(H,83,104)(H,84,97)(H,85,99)(H,86,101)(H,87,103)(H,90,91)(H,92,93)(H,105,106)/t36-,37+,45-,46-,47-,48-,49-,50-,51-,52-,53-,57-,58-/m0/s1. The molecule has 3 aromatic heterocycles. The molecule has 2 aromatic carbocycles. The molecule has 13 atom stereocenters. The average Bonchev–Trinajstić information content (AvgIpc) is 1.63. The zero-order chi connectivity index (χ0) is 79.6. The van der Waals surface area contributed by atoms with Crippen molar-refractivity contribution in [3.05, 3.63) is 90.3 Å². The van der Waals surface area contributed by atoms with E-state index in [1.54, 1.807) is 102 Å². The summed E-state index contributed by atoms with van der Waals surface area (Å²) in [4.78, 5) is 223. The molecular weight excluding hydrogens is 1450 g/mol. The third kappa shape index (κ3) is 26.4. The van der Waals surface area contributed by atoms with E-state index in [0.717, 1.165) is 28.5 Å². The number of aliphatic carboxylic acids is 3. The number of aromatic amines is 3. The highest BCUT2D eigenvalue weighted by molar-refractivity contribution is 8.76. The Labute approximate surface area is 629 Å². The monoisotopic (exact) mass is 1540 g/mol. The van der Waals surface area contributed by atoms with E-state index in [0.29, 0.717) is 32.9 Å². The predicted molar refractivity (Wildman–Crippen MR) is 396 cm³/mol. The third-order valence-electron chi connectivity index (χ3n) is 17.4. The van der Waals surface area contributed by atoms with Gasteiger partial charge in [-0.3, -0.25) is 67.1 Å². The number of hydrogen-bond donors (Lipinski definition) is 20. The average molecular weight is 1540 g/mol. The number of aliphatic hydroxyl groups is 1. The van der Waals surface area contributed by atoms with E-state index in [1.165, 1.54) is 26.5 Å². The predicted octanol–water partition coefficient (Wildman–Crippen LogP) is -1.59. The minimum Gasteiger partial charge on any atom is -0.481 e. The van der Waals surface area contributed by atoms with E-state index >= 15 is 4.79 Å². The van der Waals surface area contributed by atoms with Crippen LogP contribution in [0.4, 0.5) is 0 Å². The van der Waals surface area contributed by atoms with Gasteiger partial charge in [-0.1, -0.05) is 99.5 Å². The number of nitrogens with one attached hydrogen (secondary N) is 16. The van der Waals surface area contributed by atoms with Crippen LogP contribution in [-0.4, -0.2) is 233 Å². The van der Waals surface area contributed by atoms with Gasteiger partial charge >= 0.3 is 17.9 Å². The highest BCUT2D eigenvalue weighted by Crippen LogP contribution is 2.26. The largest absolute Gasteiger partial charge is 0.481 e. The van der Waals surface area contributed by atoms with Gasteiger partial charge in [-0.25, -0.2) is 9.78 Å². The maximum Gasteiger partial charge on any atom is 0.328 e. The Morgan fingerprint density at radius 2 is 1.07 bits per heavy atom. The van der Waals surface area contributed by atoms with Crippen LogP contribution in [0.3, 0.4) is 0 Å². The van der Waals surface area contributed by atoms with E-state index < -0.39 is 211 Å². The number of aromatic nitrogens is 4. The Kier molecular flexibility index (Phi) is 33.2. The van der Waals surface area contributed by atoms with Crippen LogP contribution in [0.15, 0.2) is 73.4 Å². The Balaban J connectivity index is 1.45. The van der Waals surface area contributed by atoms with Crippen molar-refractivity contribution in [3.8, 4) is 0 Å². The van der Waals surface area contributed by atoms with Crippen molar-refractivity contribution < 1.29 is 92.3 Å². The highest BCUT2D eigenvalue weighted by Gasteiger charge is 2.39. The van der Waals surface area contributed by atoms with E-state index in [9.17, 15) is 87.5 Å². The second-order valence-electron chi connectivity index (χ2n) is 27.4. The maximum atomic E-state index is 15.0. The fourth-order valence-corrected chi connectivity index (χ4v) is 13.9. The summed E-state index contributed by atoms with van der Waals surface area (Å²) in [5.41, 5.74) is 2.50. The molecule has 0 spiro atoms. The molecule has 12 amide bonds. The van der Waals surface area contributed by atoms with Crippen molar-refractivity contribution in [2.75, 3.05) is 25.1 Å². The van der Waals surface area contributed by atoms with Crippen LogP contribution in [-0.2, 0) is 91.2 Å². The summed E-state index contributed by atoms with van der Waals surface area (Å²) in [5.74, 6) is -18.8. The lowest BCUT2D eigenvalue weighted by Crippen LogP contribution is -2.61. The molecule has 0 saturated carbocycles. The summed E-state index contributed by atoms with van der Waals surface area (Å²) in [6.45, 7) is 11.5. The molecule has 0 bridgehead atoms. The maximum absolute atomic E-state index is 15.0. The number of carbonyl (C=O) groups is 15. The first-order valence-corrected chi connectivity index (χ1v) is 37.6. The van der Waals surface area contributed by atoms with Crippen molar-refractivity contribution in [2.45, 2.75) is 185 Å². The Morgan fingerprint density at radius 1 is 0.565 bits per heavy atom. The molecule has 0 aliphatic carbocycles. The number of aliphatic hydroxyl groups excluding tert-OH is 1. The van der Waals surface area contributed by atoms with Crippen LogP contribution in [0.25, 0.3) is 21.8 Å². The quantitative estimate of drug-likeness (QED) is 0.0328. The number of likely N-dealkylation sites (N-methyl/N-ethyl adjacent to an activating group) is 1. The van der Waals surface area contributed by atoms with E-state index in [2.05, 4.69) is 89.1 Å². The normalized spacial score (nSPS) is 23.1. The van der Waals surface area contributed by atoms with Crippen LogP contribution in [0.2, 0.25) is 0 Å². The number of carboxylic acids is 3. The Bertz CT molecular complexity index is 4020. The molecule has 1 aliphatic rings. The second kappa shape index (κ2) is 41.5. The smallest absolute Gasteiger partial charge is 0.328 e. The first-order chi connectivity index (χ1) is 51.1. The number of imidazole rings is 1. The number of hydrogen-bond acceptors (Lipinski definition) is 20.